The highest BCUT2D eigenvalue weighted by Crippen LogP contribution is 2.32. The quantitative estimate of drug-likeness (QED) is 0.907. The van der Waals surface area contributed by atoms with E-state index in [2.05, 4.69) is 5.32 Å². The number of carbonyl (C=O) groups is 2. The predicted molar refractivity (Wildman–Crippen MR) is 82.4 cm³/mol. The summed E-state index contributed by atoms with van der Waals surface area (Å²) in [6.45, 7) is 7.09. The fraction of sp³-hybridized carbons (Fsp3) is 0.529. The monoisotopic (exact) mass is 302 g/mol. The van der Waals surface area contributed by atoms with Gasteiger partial charge in [-0.1, -0.05) is 51.1 Å². The van der Waals surface area contributed by atoms with Crippen molar-refractivity contribution in [2.75, 3.05) is 13.2 Å². The van der Waals surface area contributed by atoms with Crippen LogP contribution in [0.3, 0.4) is 0 Å². The van der Waals surface area contributed by atoms with E-state index in [0.717, 1.165) is 5.56 Å². The number of amides is 2. The number of fused-ring (bicyclic) bond motifs is 1. The molecule has 22 heavy (non-hydrogen) atoms. The second-order valence-corrected chi connectivity index (χ2v) is 6.76. The molecule has 2 heterocycles. The molecule has 2 amide bonds. The Bertz CT molecular complexity index is 585. The van der Waals surface area contributed by atoms with Crippen LogP contribution < -0.4 is 5.32 Å². The Kier molecular flexibility index (Phi) is 3.68. The summed E-state index contributed by atoms with van der Waals surface area (Å²) in [5.41, 5.74) is 0.648. The first-order valence-electron chi connectivity index (χ1n) is 7.71. The Morgan fingerprint density at radius 1 is 1.23 bits per heavy atom. The van der Waals surface area contributed by atoms with Crippen molar-refractivity contribution in [1.82, 2.24) is 10.2 Å². The van der Waals surface area contributed by atoms with Gasteiger partial charge in [-0.2, -0.15) is 0 Å². The van der Waals surface area contributed by atoms with Gasteiger partial charge in [-0.25, -0.2) is 9.69 Å². The van der Waals surface area contributed by atoms with Crippen LogP contribution in [0.25, 0.3) is 0 Å². The topological polar surface area (TPSA) is 58.6 Å². The molecule has 0 saturated carbocycles. The number of carbonyl (C=O) groups excluding carboxylic acids is 2. The maximum Gasteiger partial charge on any atom is 0.417 e. The van der Waals surface area contributed by atoms with Crippen molar-refractivity contribution in [3.8, 4) is 0 Å². The fourth-order valence-corrected chi connectivity index (χ4v) is 3.37. The van der Waals surface area contributed by atoms with Crippen LogP contribution in [0.5, 0.6) is 0 Å². The van der Waals surface area contributed by atoms with E-state index in [0.29, 0.717) is 13.2 Å². The predicted octanol–water partition coefficient (Wildman–Crippen LogP) is 1.92. The molecule has 1 aromatic rings. The van der Waals surface area contributed by atoms with Crippen molar-refractivity contribution in [3.63, 3.8) is 0 Å². The van der Waals surface area contributed by atoms with Crippen LogP contribution in [0.2, 0.25) is 0 Å². The first-order valence-corrected chi connectivity index (χ1v) is 7.71. The lowest BCUT2D eigenvalue weighted by molar-refractivity contribution is -0.132. The molecule has 3 rings (SSSR count). The molecule has 0 radical (unpaired) electrons. The summed E-state index contributed by atoms with van der Waals surface area (Å²) in [7, 11) is 0. The first kappa shape index (κ1) is 15.0. The molecular weight excluding hydrogens is 280 g/mol. The molecule has 5 heteroatoms. The van der Waals surface area contributed by atoms with Crippen molar-refractivity contribution >= 4 is 12.0 Å². The molecule has 118 valence electrons. The molecule has 0 aromatic heterocycles. The van der Waals surface area contributed by atoms with Crippen molar-refractivity contribution in [2.45, 2.75) is 38.3 Å². The van der Waals surface area contributed by atoms with E-state index in [9.17, 15) is 9.59 Å². The van der Waals surface area contributed by atoms with Crippen LogP contribution >= 0.6 is 0 Å². The van der Waals surface area contributed by atoms with E-state index in [4.69, 9.17) is 4.74 Å². The van der Waals surface area contributed by atoms with Gasteiger partial charge >= 0.3 is 6.09 Å². The minimum Gasteiger partial charge on any atom is -0.447 e. The number of rotatable bonds is 2. The van der Waals surface area contributed by atoms with E-state index in [-0.39, 0.29) is 17.9 Å². The van der Waals surface area contributed by atoms with Gasteiger partial charge in [0.05, 0.1) is 12.1 Å². The van der Waals surface area contributed by atoms with Crippen LogP contribution in [-0.2, 0) is 14.9 Å². The van der Waals surface area contributed by atoms with Crippen molar-refractivity contribution in [2.24, 2.45) is 5.92 Å². The highest BCUT2D eigenvalue weighted by molar-refractivity contribution is 5.97. The van der Waals surface area contributed by atoms with Gasteiger partial charge in [0.2, 0.25) is 5.91 Å². The van der Waals surface area contributed by atoms with Gasteiger partial charge in [-0.15, -0.1) is 0 Å². The SMILES string of the molecule is CC1CN[C@@H](C(C)(C)c2ccccc2)C(=O)N2C(=O)OC[C@H]12. The van der Waals surface area contributed by atoms with Gasteiger partial charge < -0.3 is 10.1 Å². The molecule has 1 unspecified atom stereocenters. The van der Waals surface area contributed by atoms with E-state index >= 15 is 0 Å². The molecule has 2 aliphatic rings. The lowest BCUT2D eigenvalue weighted by atomic mass is 9.77. The largest absolute Gasteiger partial charge is 0.447 e. The second kappa shape index (κ2) is 5.39. The van der Waals surface area contributed by atoms with E-state index in [1.54, 1.807) is 0 Å². The zero-order chi connectivity index (χ0) is 15.9. The number of ether oxygens (including phenoxy) is 1. The van der Waals surface area contributed by atoms with Crippen molar-refractivity contribution in [3.05, 3.63) is 35.9 Å². The van der Waals surface area contributed by atoms with Gasteiger partial charge in [-0.3, -0.25) is 4.79 Å². The van der Waals surface area contributed by atoms with Crippen LogP contribution in [0, 0.1) is 5.92 Å². The van der Waals surface area contributed by atoms with Gasteiger partial charge in [0.15, 0.2) is 0 Å². The minimum absolute atomic E-state index is 0.163. The third-order valence-electron chi connectivity index (χ3n) is 4.93. The summed E-state index contributed by atoms with van der Waals surface area (Å²) in [5, 5.41) is 3.37. The van der Waals surface area contributed by atoms with Crippen molar-refractivity contribution in [1.29, 1.82) is 0 Å². The van der Waals surface area contributed by atoms with E-state index < -0.39 is 17.6 Å². The number of nitrogens with one attached hydrogen (secondary N) is 1. The molecular formula is C17H22N2O3. The molecule has 3 atom stereocenters. The highest BCUT2D eigenvalue weighted by Gasteiger charge is 2.49. The lowest BCUT2D eigenvalue weighted by Gasteiger charge is -2.34. The molecule has 0 bridgehead atoms. The summed E-state index contributed by atoms with van der Waals surface area (Å²) in [6.07, 6.45) is -0.514. The maximum absolute atomic E-state index is 13.0. The molecule has 2 saturated heterocycles. The van der Waals surface area contributed by atoms with E-state index in [1.165, 1.54) is 4.90 Å². The number of nitrogens with zero attached hydrogens (tertiary/aromatic N) is 1. The van der Waals surface area contributed by atoms with Gasteiger partial charge in [0.1, 0.15) is 6.61 Å². The molecule has 2 aliphatic heterocycles. The zero-order valence-electron chi connectivity index (χ0n) is 13.2. The van der Waals surface area contributed by atoms with Gasteiger partial charge in [-0.05, 0) is 11.5 Å². The lowest BCUT2D eigenvalue weighted by Crippen LogP contribution is -2.55. The summed E-state index contributed by atoms with van der Waals surface area (Å²) in [4.78, 5) is 26.3. The number of cyclic esters (lactones) is 1. The normalized spacial score (nSPS) is 29.0. The molecule has 0 spiro atoms. The molecule has 1 aromatic carbocycles. The smallest absolute Gasteiger partial charge is 0.417 e. The van der Waals surface area contributed by atoms with Crippen LogP contribution in [0.1, 0.15) is 26.3 Å². The molecule has 1 N–H and O–H groups in total. The third kappa shape index (κ3) is 2.29. The molecule has 2 fully saturated rings. The van der Waals surface area contributed by atoms with Crippen molar-refractivity contribution < 1.29 is 14.3 Å². The van der Waals surface area contributed by atoms with Crippen LogP contribution in [0.4, 0.5) is 4.79 Å². The fourth-order valence-electron chi connectivity index (χ4n) is 3.37. The summed E-state index contributed by atoms with van der Waals surface area (Å²) in [5.74, 6) is -0.0160. The third-order valence-corrected chi connectivity index (χ3v) is 4.93. The number of hydrogen-bond acceptors (Lipinski definition) is 4. The molecule has 5 nitrogen and oxygen atoms in total. The number of benzene rings is 1. The summed E-state index contributed by atoms with van der Waals surface area (Å²) >= 11 is 0. The van der Waals surface area contributed by atoms with E-state index in [1.807, 2.05) is 51.1 Å². The highest BCUT2D eigenvalue weighted by atomic mass is 16.6. The summed E-state index contributed by atoms with van der Waals surface area (Å²) in [6, 6.07) is 9.31. The van der Waals surface area contributed by atoms with Crippen LogP contribution in [0.15, 0.2) is 30.3 Å². The zero-order valence-corrected chi connectivity index (χ0v) is 13.2. The molecule has 0 aliphatic carbocycles. The summed E-state index contributed by atoms with van der Waals surface area (Å²) < 4.78 is 5.10. The number of hydrogen-bond donors (Lipinski definition) is 1. The Labute approximate surface area is 130 Å². The maximum atomic E-state index is 13.0. The first-order chi connectivity index (χ1) is 10.4. The average Bonchev–Trinajstić information content (AvgIpc) is 2.83. The Morgan fingerprint density at radius 2 is 1.91 bits per heavy atom. The van der Waals surface area contributed by atoms with Gasteiger partial charge in [0.25, 0.3) is 0 Å². The minimum atomic E-state index is -0.514. The Hall–Kier alpha value is -1.88. The number of imide groups is 1. The van der Waals surface area contributed by atoms with Gasteiger partial charge in [0, 0.05) is 12.0 Å². The standard InChI is InChI=1S/C17H22N2O3/c1-11-9-18-14(15(20)19-13(11)10-22-16(19)21)17(2,3)12-7-5-4-6-8-12/h4-8,11,13-14,18H,9-10H2,1-3H3/t11?,13-,14-/m1/s1. The second-order valence-electron chi connectivity index (χ2n) is 6.76. The Morgan fingerprint density at radius 3 is 2.59 bits per heavy atom. The Balaban J connectivity index is 1.96. The van der Waals surface area contributed by atoms with Crippen LogP contribution in [-0.4, -0.2) is 42.1 Å². The average molecular weight is 302 g/mol.